The monoisotopic (exact) mass is 841 g/mol. The molecule has 0 aliphatic carbocycles. The van der Waals surface area contributed by atoms with E-state index in [2.05, 4.69) is 260 Å². The molecule has 0 saturated heterocycles. The molecular formula is C64H43NO. The first-order valence-electron chi connectivity index (χ1n) is 22.6. The van der Waals surface area contributed by atoms with Gasteiger partial charge in [-0.05, 0) is 139 Å². The Morgan fingerprint density at radius 2 is 0.742 bits per heavy atom. The topological polar surface area (TPSA) is 16.4 Å². The van der Waals surface area contributed by atoms with Gasteiger partial charge in [0.05, 0.1) is 11.1 Å². The fourth-order valence-electron chi connectivity index (χ4n) is 9.60. The Morgan fingerprint density at radius 3 is 1.39 bits per heavy atom. The first-order chi connectivity index (χ1) is 32.7. The second kappa shape index (κ2) is 16.8. The zero-order chi connectivity index (χ0) is 43.8. The molecule has 12 aromatic rings. The molecule has 0 unspecified atom stereocenters. The molecule has 2 nitrogen and oxygen atoms in total. The van der Waals surface area contributed by atoms with Gasteiger partial charge in [-0.2, -0.15) is 0 Å². The van der Waals surface area contributed by atoms with Gasteiger partial charge in [-0.1, -0.05) is 194 Å². The van der Waals surface area contributed by atoms with Gasteiger partial charge in [0.15, 0.2) is 0 Å². The fourth-order valence-corrected chi connectivity index (χ4v) is 9.60. The number of hydrogen-bond donors (Lipinski definition) is 0. The lowest BCUT2D eigenvalue weighted by Crippen LogP contribution is -2.10. The minimum atomic E-state index is 0.863. The number of nitrogens with zero attached hydrogens (tertiary/aromatic N) is 1. The molecule has 0 bridgehead atoms. The summed E-state index contributed by atoms with van der Waals surface area (Å²) in [7, 11) is 0. The van der Waals surface area contributed by atoms with E-state index in [1.54, 1.807) is 0 Å². The summed E-state index contributed by atoms with van der Waals surface area (Å²) in [6.45, 7) is 0. The summed E-state index contributed by atoms with van der Waals surface area (Å²) in [5.41, 5.74) is 18.9. The smallest absolute Gasteiger partial charge is 0.145 e. The van der Waals surface area contributed by atoms with Crippen molar-refractivity contribution in [1.82, 2.24) is 0 Å². The highest BCUT2D eigenvalue weighted by atomic mass is 16.3. The molecule has 310 valence electrons. The van der Waals surface area contributed by atoms with Gasteiger partial charge in [0.2, 0.25) is 0 Å². The van der Waals surface area contributed by atoms with E-state index >= 15 is 0 Å². The standard InChI is InChI=1S/C64H43NO/c1-4-16-44(17-5-1)52-41-53(45-18-6-2-7-19-45)43-54(42-52)58-25-13-12-24-57(58)49-32-36-56(37-33-49)65(55-34-30-47(31-35-55)51-29-28-46-20-10-11-23-50(46)40-51)61-39-38-59(48-21-8-3-9-22-48)64-63(61)60-26-14-15-27-62(60)66-64/h1-43H. The number of anilines is 3. The predicted molar refractivity (Wildman–Crippen MR) is 279 cm³/mol. The van der Waals surface area contributed by atoms with Crippen LogP contribution in [0.25, 0.3) is 99.5 Å². The van der Waals surface area contributed by atoms with Gasteiger partial charge in [0.1, 0.15) is 11.2 Å². The number of para-hydroxylation sites is 1. The predicted octanol–water partition coefficient (Wildman–Crippen LogP) is 18.2. The summed E-state index contributed by atoms with van der Waals surface area (Å²) in [5.74, 6) is 0. The molecule has 1 heterocycles. The number of benzene rings is 11. The Hall–Kier alpha value is -8.72. The molecule has 0 aliphatic heterocycles. The molecule has 0 radical (unpaired) electrons. The van der Waals surface area contributed by atoms with E-state index in [0.717, 1.165) is 55.7 Å². The summed E-state index contributed by atoms with van der Waals surface area (Å²) >= 11 is 0. The van der Waals surface area contributed by atoms with E-state index in [1.807, 2.05) is 6.07 Å². The Kier molecular flexibility index (Phi) is 9.89. The molecule has 0 saturated carbocycles. The summed E-state index contributed by atoms with van der Waals surface area (Å²) in [4.78, 5) is 2.38. The van der Waals surface area contributed by atoms with Crippen LogP contribution in [0.5, 0.6) is 0 Å². The SMILES string of the molecule is c1ccc(-c2cc(-c3ccccc3)cc(-c3ccccc3-c3ccc(N(c4ccc(-c5ccc6ccccc6c5)cc4)c4ccc(-c5ccccc5)c5oc6ccccc6c45)cc3)c2)cc1. The van der Waals surface area contributed by atoms with Crippen LogP contribution in [0.1, 0.15) is 0 Å². The van der Waals surface area contributed by atoms with Crippen molar-refractivity contribution in [1.29, 1.82) is 0 Å². The van der Waals surface area contributed by atoms with Gasteiger partial charge in [0.25, 0.3) is 0 Å². The van der Waals surface area contributed by atoms with Gasteiger partial charge in [-0.25, -0.2) is 0 Å². The zero-order valence-corrected chi connectivity index (χ0v) is 36.2. The van der Waals surface area contributed by atoms with Crippen molar-refractivity contribution in [2.75, 3.05) is 4.90 Å². The molecule has 0 N–H and O–H groups in total. The van der Waals surface area contributed by atoms with Gasteiger partial charge in [0, 0.05) is 22.3 Å². The maximum absolute atomic E-state index is 6.79. The summed E-state index contributed by atoms with van der Waals surface area (Å²) in [5, 5.41) is 4.63. The third-order valence-corrected chi connectivity index (χ3v) is 12.9. The minimum Gasteiger partial charge on any atom is -0.455 e. The molecule has 0 fully saturated rings. The van der Waals surface area contributed by atoms with Gasteiger partial charge in [-0.15, -0.1) is 0 Å². The molecule has 0 aliphatic rings. The van der Waals surface area contributed by atoms with Gasteiger partial charge < -0.3 is 9.32 Å². The molecule has 0 amide bonds. The van der Waals surface area contributed by atoms with Crippen molar-refractivity contribution in [3.63, 3.8) is 0 Å². The number of hydrogen-bond acceptors (Lipinski definition) is 2. The Morgan fingerprint density at radius 1 is 0.273 bits per heavy atom. The van der Waals surface area contributed by atoms with E-state index in [4.69, 9.17) is 4.42 Å². The summed E-state index contributed by atoms with van der Waals surface area (Å²) < 4.78 is 6.79. The minimum absolute atomic E-state index is 0.863. The second-order valence-corrected chi connectivity index (χ2v) is 16.9. The van der Waals surface area contributed by atoms with E-state index in [0.29, 0.717) is 0 Å². The average Bonchev–Trinajstić information content (AvgIpc) is 3.80. The molecule has 11 aromatic carbocycles. The van der Waals surface area contributed by atoms with E-state index in [9.17, 15) is 0 Å². The van der Waals surface area contributed by atoms with E-state index in [1.165, 1.54) is 60.8 Å². The highest BCUT2D eigenvalue weighted by molar-refractivity contribution is 6.17. The van der Waals surface area contributed by atoms with Gasteiger partial charge >= 0.3 is 0 Å². The van der Waals surface area contributed by atoms with Crippen LogP contribution in [0.3, 0.4) is 0 Å². The molecule has 1 aromatic heterocycles. The van der Waals surface area contributed by atoms with E-state index in [-0.39, 0.29) is 0 Å². The van der Waals surface area contributed by atoms with Crippen LogP contribution in [-0.2, 0) is 0 Å². The van der Waals surface area contributed by atoms with Crippen LogP contribution in [0.15, 0.2) is 265 Å². The third kappa shape index (κ3) is 7.21. The number of fused-ring (bicyclic) bond motifs is 4. The van der Waals surface area contributed by atoms with Crippen molar-refractivity contribution in [3.05, 3.63) is 261 Å². The van der Waals surface area contributed by atoms with Crippen LogP contribution in [0.2, 0.25) is 0 Å². The Labute approximate surface area is 384 Å². The van der Waals surface area contributed by atoms with Crippen LogP contribution in [-0.4, -0.2) is 0 Å². The molecular weight excluding hydrogens is 799 g/mol. The van der Waals surface area contributed by atoms with E-state index < -0.39 is 0 Å². The highest BCUT2D eigenvalue weighted by Gasteiger charge is 2.23. The second-order valence-electron chi connectivity index (χ2n) is 16.9. The van der Waals surface area contributed by atoms with Crippen LogP contribution < -0.4 is 4.90 Å². The largest absolute Gasteiger partial charge is 0.455 e. The molecule has 12 rings (SSSR count). The number of rotatable bonds is 9. The Bertz CT molecular complexity index is 3610. The van der Waals surface area contributed by atoms with Crippen molar-refractivity contribution >= 4 is 49.8 Å². The molecule has 0 spiro atoms. The van der Waals surface area contributed by atoms with Crippen molar-refractivity contribution in [3.8, 4) is 66.8 Å². The third-order valence-electron chi connectivity index (χ3n) is 12.9. The summed E-state index contributed by atoms with van der Waals surface area (Å²) in [6.07, 6.45) is 0. The zero-order valence-electron chi connectivity index (χ0n) is 36.2. The lowest BCUT2D eigenvalue weighted by molar-refractivity contribution is 0.670. The molecule has 66 heavy (non-hydrogen) atoms. The van der Waals surface area contributed by atoms with Crippen molar-refractivity contribution < 1.29 is 4.42 Å². The molecule has 2 heteroatoms. The molecule has 0 atom stereocenters. The van der Waals surface area contributed by atoms with Gasteiger partial charge in [-0.3, -0.25) is 0 Å². The van der Waals surface area contributed by atoms with Crippen LogP contribution in [0, 0.1) is 0 Å². The maximum Gasteiger partial charge on any atom is 0.145 e. The first kappa shape index (κ1) is 38.9. The number of furan rings is 1. The average molecular weight is 842 g/mol. The normalized spacial score (nSPS) is 11.3. The van der Waals surface area contributed by atoms with Crippen molar-refractivity contribution in [2.45, 2.75) is 0 Å². The lowest BCUT2D eigenvalue weighted by atomic mass is 9.89. The maximum atomic E-state index is 6.79. The lowest BCUT2D eigenvalue weighted by Gasteiger charge is -2.27. The van der Waals surface area contributed by atoms with Crippen LogP contribution in [0.4, 0.5) is 17.1 Å². The Balaban J connectivity index is 1.00. The fraction of sp³-hybridized carbons (Fsp3) is 0. The first-order valence-corrected chi connectivity index (χ1v) is 22.6. The summed E-state index contributed by atoms with van der Waals surface area (Å²) in [6, 6.07) is 93.8. The van der Waals surface area contributed by atoms with Crippen LogP contribution >= 0.6 is 0 Å². The highest BCUT2D eigenvalue weighted by Crippen LogP contribution is 2.47. The quantitative estimate of drug-likeness (QED) is 0.144. The van der Waals surface area contributed by atoms with Crippen molar-refractivity contribution in [2.24, 2.45) is 0 Å².